The summed E-state index contributed by atoms with van der Waals surface area (Å²) >= 11 is 7.19. The molecule has 1 amide bonds. The molecule has 0 saturated heterocycles. The molecular weight excluding hydrogens is 441 g/mol. The van der Waals surface area contributed by atoms with Crippen LogP contribution in [0.25, 0.3) is 16.8 Å². The van der Waals surface area contributed by atoms with E-state index in [0.717, 1.165) is 0 Å². The second kappa shape index (κ2) is 8.87. The zero-order chi connectivity index (χ0) is 22.0. The summed E-state index contributed by atoms with van der Waals surface area (Å²) in [6.07, 6.45) is 3.45. The molecule has 0 aliphatic carbocycles. The van der Waals surface area contributed by atoms with Crippen LogP contribution in [0.2, 0.25) is 5.02 Å². The van der Waals surface area contributed by atoms with Crippen LogP contribution in [-0.4, -0.2) is 27.9 Å². The van der Waals surface area contributed by atoms with Gasteiger partial charge in [0.25, 0.3) is 0 Å². The number of halogens is 2. The van der Waals surface area contributed by atoms with Crippen molar-refractivity contribution in [1.29, 1.82) is 0 Å². The Morgan fingerprint density at radius 2 is 1.97 bits per heavy atom. The Labute approximate surface area is 186 Å². The van der Waals surface area contributed by atoms with Crippen LogP contribution in [0, 0.1) is 5.82 Å². The second-order valence-electron chi connectivity index (χ2n) is 6.65. The van der Waals surface area contributed by atoms with Gasteiger partial charge in [0.15, 0.2) is 0 Å². The number of rotatable bonds is 6. The molecule has 0 atom stereocenters. The average molecular weight is 458 g/mol. The van der Waals surface area contributed by atoms with Crippen LogP contribution in [-0.2, 0) is 16.0 Å². The van der Waals surface area contributed by atoms with E-state index in [1.807, 2.05) is 0 Å². The summed E-state index contributed by atoms with van der Waals surface area (Å²) < 4.78 is 20.2. The van der Waals surface area contributed by atoms with Crippen molar-refractivity contribution in [2.75, 3.05) is 11.9 Å². The molecule has 1 aromatic carbocycles. The summed E-state index contributed by atoms with van der Waals surface area (Å²) in [5.41, 5.74) is 2.70. The Morgan fingerprint density at radius 1 is 1.19 bits per heavy atom. The number of anilines is 1. The van der Waals surface area contributed by atoms with Gasteiger partial charge in [-0.1, -0.05) is 23.7 Å². The Hall–Kier alpha value is -3.23. The van der Waals surface area contributed by atoms with Crippen LogP contribution in [0.3, 0.4) is 0 Å². The monoisotopic (exact) mass is 457 g/mol. The molecule has 158 valence electrons. The smallest absolute Gasteiger partial charge is 0.341 e. The lowest BCUT2D eigenvalue weighted by atomic mass is 10.0. The van der Waals surface area contributed by atoms with Crippen LogP contribution in [0.1, 0.15) is 23.0 Å². The summed E-state index contributed by atoms with van der Waals surface area (Å²) in [6.45, 7) is 1.89. The Morgan fingerprint density at radius 3 is 2.71 bits per heavy atom. The van der Waals surface area contributed by atoms with E-state index < -0.39 is 5.97 Å². The van der Waals surface area contributed by atoms with E-state index in [9.17, 15) is 14.0 Å². The molecule has 0 fully saturated rings. The van der Waals surface area contributed by atoms with Gasteiger partial charge >= 0.3 is 5.97 Å². The number of hydrogen-bond donors (Lipinski definition) is 1. The lowest BCUT2D eigenvalue weighted by Crippen LogP contribution is -2.16. The van der Waals surface area contributed by atoms with Crippen LogP contribution < -0.4 is 5.32 Å². The lowest BCUT2D eigenvalue weighted by molar-refractivity contribution is -0.115. The molecule has 3 aromatic heterocycles. The van der Waals surface area contributed by atoms with Crippen molar-refractivity contribution in [3.63, 3.8) is 0 Å². The molecule has 0 unspecified atom stereocenters. The molecule has 0 radical (unpaired) electrons. The summed E-state index contributed by atoms with van der Waals surface area (Å²) in [7, 11) is 0. The lowest BCUT2D eigenvalue weighted by Gasteiger charge is -2.08. The molecule has 0 saturated carbocycles. The molecule has 6 nitrogen and oxygen atoms in total. The van der Waals surface area contributed by atoms with E-state index in [4.69, 9.17) is 16.3 Å². The van der Waals surface area contributed by atoms with Crippen molar-refractivity contribution < 1.29 is 18.7 Å². The highest BCUT2D eigenvalue weighted by Crippen LogP contribution is 2.36. The highest BCUT2D eigenvalue weighted by Gasteiger charge is 2.23. The summed E-state index contributed by atoms with van der Waals surface area (Å²) in [5.74, 6) is -1.26. The van der Waals surface area contributed by atoms with Crippen LogP contribution in [0.4, 0.5) is 9.39 Å². The quantitative estimate of drug-likeness (QED) is 0.403. The molecule has 0 aliphatic heterocycles. The van der Waals surface area contributed by atoms with Crippen molar-refractivity contribution in [3.8, 4) is 11.1 Å². The number of nitrogens with zero attached hydrogens (tertiary/aromatic N) is 2. The molecule has 31 heavy (non-hydrogen) atoms. The summed E-state index contributed by atoms with van der Waals surface area (Å²) in [5, 5.41) is 5.45. The van der Waals surface area contributed by atoms with Gasteiger partial charge in [-0.3, -0.25) is 4.79 Å². The topological polar surface area (TPSA) is 72.7 Å². The van der Waals surface area contributed by atoms with E-state index in [1.165, 1.54) is 23.5 Å². The predicted molar refractivity (Wildman–Crippen MR) is 118 cm³/mol. The predicted octanol–water partition coefficient (Wildman–Crippen LogP) is 5.21. The van der Waals surface area contributed by atoms with Gasteiger partial charge in [-0.25, -0.2) is 14.2 Å². The molecule has 0 aliphatic rings. The van der Waals surface area contributed by atoms with Gasteiger partial charge in [0, 0.05) is 23.3 Å². The highest BCUT2D eigenvalue weighted by molar-refractivity contribution is 7.15. The summed E-state index contributed by atoms with van der Waals surface area (Å²) in [6, 6.07) is 9.27. The molecule has 9 heteroatoms. The van der Waals surface area contributed by atoms with Crippen LogP contribution in [0.5, 0.6) is 0 Å². The van der Waals surface area contributed by atoms with Crippen molar-refractivity contribution >= 4 is 45.5 Å². The van der Waals surface area contributed by atoms with Gasteiger partial charge in [0.05, 0.1) is 23.7 Å². The van der Waals surface area contributed by atoms with E-state index in [2.05, 4.69) is 10.3 Å². The van der Waals surface area contributed by atoms with Gasteiger partial charge in [-0.15, -0.1) is 11.3 Å². The summed E-state index contributed by atoms with van der Waals surface area (Å²) in [4.78, 5) is 29.7. The normalized spacial score (nSPS) is 10.9. The maximum Gasteiger partial charge on any atom is 0.341 e. The van der Waals surface area contributed by atoms with Crippen molar-refractivity contribution in [2.45, 2.75) is 13.3 Å². The first-order chi connectivity index (χ1) is 14.9. The molecule has 4 rings (SSSR count). The Bertz CT molecular complexity index is 1270. The number of ether oxygens (including phenoxy) is 1. The van der Waals surface area contributed by atoms with Gasteiger partial charge in [0.1, 0.15) is 22.0 Å². The number of imidazole rings is 1. The minimum atomic E-state index is -0.555. The molecule has 3 heterocycles. The Kier molecular flexibility index (Phi) is 6.01. The first-order valence-corrected chi connectivity index (χ1v) is 10.7. The number of hydrogen-bond acceptors (Lipinski definition) is 5. The van der Waals surface area contributed by atoms with Crippen molar-refractivity contribution in [3.05, 3.63) is 76.3 Å². The fourth-order valence-corrected chi connectivity index (χ4v) is 4.28. The van der Waals surface area contributed by atoms with Gasteiger partial charge in [-0.05, 0) is 36.8 Å². The molecule has 0 spiro atoms. The second-order valence-corrected chi connectivity index (χ2v) is 7.97. The third-order valence-electron chi connectivity index (χ3n) is 4.49. The number of esters is 1. The SMILES string of the molecule is CCOC(=O)c1c(-c2ccc(F)cc2)csc1NC(=O)Cc1cn2cc(Cl)ccc2n1. The highest BCUT2D eigenvalue weighted by atomic mass is 35.5. The number of aromatic nitrogens is 2. The van der Waals surface area contributed by atoms with E-state index in [1.54, 1.807) is 53.4 Å². The number of nitrogens with one attached hydrogen (secondary N) is 1. The molecule has 1 N–H and O–H groups in total. The first kappa shape index (κ1) is 21.0. The van der Waals surface area contributed by atoms with Crippen molar-refractivity contribution in [1.82, 2.24) is 9.38 Å². The average Bonchev–Trinajstić information content (AvgIpc) is 3.31. The number of benzene rings is 1. The number of carbonyl (C=O) groups excluding carboxylic acids is 2. The van der Waals surface area contributed by atoms with Crippen LogP contribution >= 0.6 is 22.9 Å². The third kappa shape index (κ3) is 4.60. The number of carbonyl (C=O) groups is 2. The third-order valence-corrected chi connectivity index (χ3v) is 5.60. The van der Waals surface area contributed by atoms with Crippen molar-refractivity contribution in [2.24, 2.45) is 0 Å². The zero-order valence-corrected chi connectivity index (χ0v) is 18.0. The van der Waals surface area contributed by atoms with Crippen LogP contribution in [0.15, 0.2) is 54.2 Å². The largest absolute Gasteiger partial charge is 0.462 e. The minimum Gasteiger partial charge on any atom is -0.462 e. The first-order valence-electron chi connectivity index (χ1n) is 9.42. The van der Waals surface area contributed by atoms with Gasteiger partial charge in [0.2, 0.25) is 5.91 Å². The Balaban J connectivity index is 1.59. The van der Waals surface area contributed by atoms with Gasteiger partial charge in [-0.2, -0.15) is 0 Å². The maximum atomic E-state index is 13.3. The van der Waals surface area contributed by atoms with E-state index in [-0.39, 0.29) is 30.3 Å². The maximum absolute atomic E-state index is 13.3. The number of fused-ring (bicyclic) bond motifs is 1. The fraction of sp³-hybridized carbons (Fsp3) is 0.136. The molecular formula is C22H17ClFN3O3S. The zero-order valence-electron chi connectivity index (χ0n) is 16.4. The fourth-order valence-electron chi connectivity index (χ4n) is 3.14. The number of amides is 1. The van der Waals surface area contributed by atoms with E-state index >= 15 is 0 Å². The standard InChI is InChI=1S/C22H17ClFN3O3S/c1-2-30-22(29)20-17(13-3-6-15(24)7-4-13)12-31-21(20)26-19(28)9-16-11-27-10-14(23)5-8-18(27)25-16/h3-8,10-12H,2,9H2,1H3,(H,26,28). The molecule has 0 bridgehead atoms. The number of thiophene rings is 1. The van der Waals surface area contributed by atoms with E-state index in [0.29, 0.717) is 32.5 Å². The number of pyridine rings is 1. The van der Waals surface area contributed by atoms with Gasteiger partial charge < -0.3 is 14.5 Å². The molecule has 4 aromatic rings. The minimum absolute atomic E-state index is 0.0192.